The molecule has 3 heteroatoms. The normalized spacial score (nSPS) is 12.7. The third kappa shape index (κ3) is 2.83. The number of hydrogen-bond acceptors (Lipinski definition) is 2. The maximum atomic E-state index is 4.74. The van der Waals surface area contributed by atoms with Crippen LogP contribution < -0.4 is 5.32 Å². The quantitative estimate of drug-likeness (QED) is 0.788. The zero-order valence-electron chi connectivity index (χ0n) is 12.8. The van der Waals surface area contributed by atoms with E-state index in [4.69, 9.17) is 4.98 Å². The highest BCUT2D eigenvalue weighted by Gasteiger charge is 2.13. The summed E-state index contributed by atoms with van der Waals surface area (Å²) in [5.74, 6) is 1.07. The Kier molecular flexibility index (Phi) is 3.76. The Morgan fingerprint density at radius 2 is 1.95 bits per heavy atom. The summed E-state index contributed by atoms with van der Waals surface area (Å²) in [4.78, 5) is 4.74. The van der Waals surface area contributed by atoms with Crippen molar-refractivity contribution in [3.63, 3.8) is 0 Å². The molecular weight excluding hydrogens is 258 g/mol. The highest BCUT2D eigenvalue weighted by Crippen LogP contribution is 2.19. The minimum absolute atomic E-state index is 0.211. The number of benzene rings is 2. The van der Waals surface area contributed by atoms with Crippen LogP contribution in [0.25, 0.3) is 11.0 Å². The molecule has 0 bridgehead atoms. The molecule has 3 rings (SSSR count). The van der Waals surface area contributed by atoms with E-state index >= 15 is 0 Å². The molecule has 0 fully saturated rings. The second kappa shape index (κ2) is 5.70. The second-order valence-corrected chi connectivity index (χ2v) is 5.61. The first-order chi connectivity index (χ1) is 10.1. The van der Waals surface area contributed by atoms with Crippen molar-refractivity contribution < 1.29 is 0 Å². The summed E-state index contributed by atoms with van der Waals surface area (Å²) < 4.78 is 2.17. The number of rotatable bonds is 4. The van der Waals surface area contributed by atoms with Gasteiger partial charge in [-0.3, -0.25) is 0 Å². The first kappa shape index (κ1) is 13.8. The van der Waals surface area contributed by atoms with Crippen molar-refractivity contribution in [1.82, 2.24) is 14.9 Å². The van der Waals surface area contributed by atoms with E-state index in [0.29, 0.717) is 0 Å². The Balaban J connectivity index is 1.78. The molecular formula is C18H21N3. The number of para-hydroxylation sites is 2. The number of aromatic nitrogens is 2. The summed E-state index contributed by atoms with van der Waals surface area (Å²) in [6.07, 6.45) is 0. The number of nitrogens with zero attached hydrogens (tertiary/aromatic N) is 2. The Bertz CT molecular complexity index is 758. The third-order valence-corrected chi connectivity index (χ3v) is 3.90. The van der Waals surface area contributed by atoms with Crippen molar-refractivity contribution in [2.24, 2.45) is 7.05 Å². The topological polar surface area (TPSA) is 29.9 Å². The molecule has 0 saturated carbocycles. The molecule has 0 aliphatic carbocycles. The van der Waals surface area contributed by atoms with Gasteiger partial charge in [-0.1, -0.05) is 42.0 Å². The van der Waals surface area contributed by atoms with Crippen molar-refractivity contribution in [2.45, 2.75) is 26.4 Å². The summed E-state index contributed by atoms with van der Waals surface area (Å²) in [7, 11) is 2.08. The van der Waals surface area contributed by atoms with Crippen molar-refractivity contribution in [3.8, 4) is 0 Å². The average Bonchev–Trinajstić information content (AvgIpc) is 2.83. The third-order valence-electron chi connectivity index (χ3n) is 3.90. The van der Waals surface area contributed by atoms with Gasteiger partial charge in [-0.05, 0) is 31.5 Å². The van der Waals surface area contributed by atoms with E-state index in [1.807, 2.05) is 6.07 Å². The van der Waals surface area contributed by atoms with Gasteiger partial charge in [0, 0.05) is 13.6 Å². The van der Waals surface area contributed by atoms with E-state index in [9.17, 15) is 0 Å². The maximum absolute atomic E-state index is 4.74. The van der Waals surface area contributed by atoms with E-state index in [1.165, 1.54) is 16.6 Å². The largest absolute Gasteiger partial charge is 0.330 e. The monoisotopic (exact) mass is 279 g/mol. The lowest BCUT2D eigenvalue weighted by atomic mass is 10.1. The average molecular weight is 279 g/mol. The fourth-order valence-electron chi connectivity index (χ4n) is 2.74. The molecule has 0 spiro atoms. The van der Waals surface area contributed by atoms with Gasteiger partial charge < -0.3 is 9.88 Å². The van der Waals surface area contributed by atoms with E-state index in [2.05, 4.69) is 73.2 Å². The Labute approximate surface area is 125 Å². The minimum atomic E-state index is 0.211. The van der Waals surface area contributed by atoms with Crippen LogP contribution in [0.4, 0.5) is 0 Å². The molecule has 108 valence electrons. The number of imidazole rings is 1. The smallest absolute Gasteiger partial charge is 0.126 e. The van der Waals surface area contributed by atoms with E-state index in [1.54, 1.807) is 0 Å². The number of aryl methyl sites for hydroxylation is 2. The fraction of sp³-hybridized carbons (Fsp3) is 0.278. The van der Waals surface area contributed by atoms with Gasteiger partial charge in [-0.2, -0.15) is 0 Å². The summed E-state index contributed by atoms with van der Waals surface area (Å²) in [5, 5.41) is 3.56. The molecule has 0 saturated heterocycles. The van der Waals surface area contributed by atoms with Crippen molar-refractivity contribution in [2.75, 3.05) is 0 Å². The van der Waals surface area contributed by atoms with Crippen molar-refractivity contribution in [1.29, 1.82) is 0 Å². The molecule has 2 aromatic carbocycles. The van der Waals surface area contributed by atoms with Gasteiger partial charge in [0.2, 0.25) is 0 Å². The SMILES string of the molecule is Cc1cccc(CNC(C)c2nc3ccccc3n2C)c1. The summed E-state index contributed by atoms with van der Waals surface area (Å²) in [6, 6.07) is 17.1. The Morgan fingerprint density at radius 1 is 1.14 bits per heavy atom. The molecule has 1 heterocycles. The van der Waals surface area contributed by atoms with Crippen LogP contribution >= 0.6 is 0 Å². The van der Waals surface area contributed by atoms with Crippen molar-refractivity contribution >= 4 is 11.0 Å². The minimum Gasteiger partial charge on any atom is -0.330 e. The summed E-state index contributed by atoms with van der Waals surface area (Å²) >= 11 is 0. The fourth-order valence-corrected chi connectivity index (χ4v) is 2.74. The standard InChI is InChI=1S/C18H21N3/c1-13-7-6-8-15(11-13)12-19-14(2)18-20-16-9-4-5-10-17(16)21(18)3/h4-11,14,19H,12H2,1-3H3. The predicted octanol–water partition coefficient (Wildman–Crippen LogP) is 3.73. The Morgan fingerprint density at radius 3 is 2.71 bits per heavy atom. The van der Waals surface area contributed by atoms with Gasteiger partial charge in [-0.25, -0.2) is 4.98 Å². The van der Waals surface area contributed by atoms with Crippen LogP contribution in [0.5, 0.6) is 0 Å². The first-order valence-corrected chi connectivity index (χ1v) is 7.35. The number of nitrogens with one attached hydrogen (secondary N) is 1. The van der Waals surface area contributed by atoms with Crippen LogP contribution in [0.2, 0.25) is 0 Å². The van der Waals surface area contributed by atoms with Gasteiger partial charge in [0.25, 0.3) is 0 Å². The molecule has 3 aromatic rings. The Hall–Kier alpha value is -2.13. The lowest BCUT2D eigenvalue weighted by Gasteiger charge is -2.14. The zero-order chi connectivity index (χ0) is 14.8. The molecule has 3 nitrogen and oxygen atoms in total. The van der Waals surface area contributed by atoms with Gasteiger partial charge in [0.1, 0.15) is 5.82 Å². The molecule has 0 aliphatic heterocycles. The van der Waals surface area contributed by atoms with Crippen LogP contribution in [-0.4, -0.2) is 9.55 Å². The van der Waals surface area contributed by atoms with Gasteiger partial charge in [-0.15, -0.1) is 0 Å². The van der Waals surface area contributed by atoms with Gasteiger partial charge in [0.15, 0.2) is 0 Å². The van der Waals surface area contributed by atoms with E-state index in [0.717, 1.165) is 17.9 Å². The summed E-state index contributed by atoms with van der Waals surface area (Å²) in [5.41, 5.74) is 4.83. The van der Waals surface area contributed by atoms with Crippen LogP contribution in [0.15, 0.2) is 48.5 Å². The van der Waals surface area contributed by atoms with Crippen LogP contribution in [0.1, 0.15) is 29.9 Å². The lowest BCUT2D eigenvalue weighted by Crippen LogP contribution is -2.21. The molecule has 1 N–H and O–H groups in total. The number of hydrogen-bond donors (Lipinski definition) is 1. The van der Waals surface area contributed by atoms with Crippen LogP contribution in [0.3, 0.4) is 0 Å². The van der Waals surface area contributed by atoms with E-state index in [-0.39, 0.29) is 6.04 Å². The van der Waals surface area contributed by atoms with Crippen molar-refractivity contribution in [3.05, 3.63) is 65.5 Å². The van der Waals surface area contributed by atoms with Crippen LogP contribution in [-0.2, 0) is 13.6 Å². The zero-order valence-corrected chi connectivity index (χ0v) is 12.8. The van der Waals surface area contributed by atoms with E-state index < -0.39 is 0 Å². The summed E-state index contributed by atoms with van der Waals surface area (Å²) in [6.45, 7) is 5.14. The molecule has 0 aliphatic rings. The first-order valence-electron chi connectivity index (χ1n) is 7.35. The highest BCUT2D eigenvalue weighted by molar-refractivity contribution is 5.75. The molecule has 21 heavy (non-hydrogen) atoms. The molecule has 0 radical (unpaired) electrons. The van der Waals surface area contributed by atoms with Gasteiger partial charge in [0.05, 0.1) is 17.1 Å². The molecule has 1 atom stereocenters. The van der Waals surface area contributed by atoms with Gasteiger partial charge >= 0.3 is 0 Å². The molecule has 1 unspecified atom stereocenters. The van der Waals surface area contributed by atoms with Crippen LogP contribution in [0, 0.1) is 6.92 Å². The second-order valence-electron chi connectivity index (χ2n) is 5.61. The maximum Gasteiger partial charge on any atom is 0.126 e. The predicted molar refractivity (Wildman–Crippen MR) is 87.1 cm³/mol. The molecule has 0 amide bonds. The molecule has 1 aromatic heterocycles. The number of fused-ring (bicyclic) bond motifs is 1. The lowest BCUT2D eigenvalue weighted by molar-refractivity contribution is 0.533. The highest BCUT2D eigenvalue weighted by atomic mass is 15.1.